The van der Waals surface area contributed by atoms with Gasteiger partial charge in [-0.25, -0.2) is 4.39 Å². The van der Waals surface area contributed by atoms with Crippen molar-refractivity contribution in [2.75, 3.05) is 6.54 Å². The van der Waals surface area contributed by atoms with Crippen molar-refractivity contribution in [1.29, 1.82) is 0 Å². The summed E-state index contributed by atoms with van der Waals surface area (Å²) in [6.07, 6.45) is -4.22. The fraction of sp³-hybridized carbons (Fsp3) is 0.333. The van der Waals surface area contributed by atoms with Crippen molar-refractivity contribution >= 4 is 11.6 Å². The Bertz CT molecular complexity index is 894. The summed E-state index contributed by atoms with van der Waals surface area (Å²) < 4.78 is 51.9. The fourth-order valence-corrected chi connectivity index (χ4v) is 3.13. The van der Waals surface area contributed by atoms with Gasteiger partial charge >= 0.3 is 6.18 Å². The highest BCUT2D eigenvalue weighted by molar-refractivity contribution is 6.01. The maximum Gasteiger partial charge on any atom is 0.416 e. The van der Waals surface area contributed by atoms with Crippen LogP contribution in [0.15, 0.2) is 53.7 Å². The third kappa shape index (κ3) is 5.34. The molecule has 1 unspecified atom stereocenters. The van der Waals surface area contributed by atoms with Crippen LogP contribution in [0, 0.1) is 5.82 Å². The van der Waals surface area contributed by atoms with Crippen LogP contribution >= 0.6 is 0 Å². The standard InChI is InChI=1S/C21H20F4N2O2/c1-2-20(28)27(12-14-4-3-5-16(10-14)21(23,24)25)13-18-11-19(26-29-18)15-6-8-17(22)9-7-15/h3-10,18H,2,11-13H2,1H3. The van der Waals surface area contributed by atoms with Crippen molar-refractivity contribution in [2.45, 2.75) is 38.6 Å². The second kappa shape index (κ2) is 8.63. The Hall–Kier alpha value is -2.90. The zero-order valence-electron chi connectivity index (χ0n) is 15.7. The van der Waals surface area contributed by atoms with Crippen LogP contribution in [-0.4, -0.2) is 29.2 Å². The van der Waals surface area contributed by atoms with Gasteiger partial charge in [0.05, 0.1) is 17.8 Å². The van der Waals surface area contributed by atoms with Gasteiger partial charge in [-0.2, -0.15) is 13.2 Å². The van der Waals surface area contributed by atoms with Gasteiger partial charge in [0.15, 0.2) is 6.10 Å². The second-order valence-electron chi connectivity index (χ2n) is 6.80. The smallest absolute Gasteiger partial charge is 0.390 e. The highest BCUT2D eigenvalue weighted by Crippen LogP contribution is 2.30. The zero-order chi connectivity index (χ0) is 21.0. The normalized spacial score (nSPS) is 16.3. The summed E-state index contributed by atoms with van der Waals surface area (Å²) in [4.78, 5) is 19.2. The van der Waals surface area contributed by atoms with Gasteiger partial charge in [-0.1, -0.05) is 36.3 Å². The molecule has 0 N–H and O–H groups in total. The van der Waals surface area contributed by atoms with Crippen molar-refractivity contribution in [3.05, 3.63) is 71.0 Å². The van der Waals surface area contributed by atoms with Crippen LogP contribution in [0.25, 0.3) is 0 Å². The van der Waals surface area contributed by atoms with Crippen LogP contribution in [0.3, 0.4) is 0 Å². The Balaban J connectivity index is 1.68. The monoisotopic (exact) mass is 408 g/mol. The van der Waals surface area contributed by atoms with Gasteiger partial charge in [-0.15, -0.1) is 0 Å². The minimum atomic E-state index is -4.44. The molecule has 2 aromatic carbocycles. The van der Waals surface area contributed by atoms with Gasteiger partial charge in [0.2, 0.25) is 5.91 Å². The van der Waals surface area contributed by atoms with Crippen LogP contribution in [0.2, 0.25) is 0 Å². The Labute approximate surface area is 165 Å². The van der Waals surface area contributed by atoms with Crippen LogP contribution in [0.5, 0.6) is 0 Å². The first-order valence-electron chi connectivity index (χ1n) is 9.18. The van der Waals surface area contributed by atoms with Gasteiger partial charge in [0.25, 0.3) is 0 Å². The summed E-state index contributed by atoms with van der Waals surface area (Å²) in [5.41, 5.74) is 0.996. The molecule has 1 amide bonds. The quantitative estimate of drug-likeness (QED) is 0.646. The topological polar surface area (TPSA) is 41.9 Å². The van der Waals surface area contributed by atoms with E-state index in [9.17, 15) is 22.4 Å². The van der Waals surface area contributed by atoms with E-state index in [1.807, 2.05) is 0 Å². The lowest BCUT2D eigenvalue weighted by atomic mass is 10.0. The Morgan fingerprint density at radius 2 is 1.93 bits per heavy atom. The number of benzene rings is 2. The highest BCUT2D eigenvalue weighted by atomic mass is 19.4. The van der Waals surface area contributed by atoms with Crippen LogP contribution in [-0.2, 0) is 22.4 Å². The average Bonchev–Trinajstić information content (AvgIpc) is 3.15. The number of carbonyl (C=O) groups excluding carboxylic acids is 1. The number of rotatable bonds is 6. The molecule has 8 heteroatoms. The first-order valence-corrected chi connectivity index (χ1v) is 9.18. The molecular weight excluding hydrogens is 388 g/mol. The Kier molecular flexibility index (Phi) is 6.20. The lowest BCUT2D eigenvalue weighted by molar-refractivity contribution is -0.137. The maximum absolute atomic E-state index is 13.1. The van der Waals surface area contributed by atoms with Crippen molar-refractivity contribution < 1.29 is 27.2 Å². The van der Waals surface area contributed by atoms with Crippen molar-refractivity contribution in [2.24, 2.45) is 5.16 Å². The molecule has 0 saturated carbocycles. The van der Waals surface area contributed by atoms with Gasteiger partial charge in [-0.05, 0) is 35.4 Å². The molecule has 1 aliphatic rings. The number of alkyl halides is 3. The second-order valence-corrected chi connectivity index (χ2v) is 6.80. The SMILES string of the molecule is CCC(=O)N(Cc1cccc(C(F)(F)F)c1)CC1CC(c2ccc(F)cc2)=NO1. The van der Waals surface area contributed by atoms with E-state index >= 15 is 0 Å². The number of hydrogen-bond donors (Lipinski definition) is 0. The number of oxime groups is 1. The van der Waals surface area contributed by atoms with E-state index in [1.54, 1.807) is 25.1 Å². The predicted molar refractivity (Wildman–Crippen MR) is 99.6 cm³/mol. The molecule has 1 atom stereocenters. The molecule has 0 radical (unpaired) electrons. The number of carbonyl (C=O) groups is 1. The van der Waals surface area contributed by atoms with Crippen molar-refractivity contribution in [3.63, 3.8) is 0 Å². The van der Waals surface area contributed by atoms with Gasteiger partial charge in [-0.3, -0.25) is 4.79 Å². The largest absolute Gasteiger partial charge is 0.416 e. The van der Waals surface area contributed by atoms with Crippen LogP contribution < -0.4 is 0 Å². The van der Waals surface area contributed by atoms with E-state index in [0.717, 1.165) is 17.7 Å². The number of halogens is 4. The summed E-state index contributed by atoms with van der Waals surface area (Å²) in [6.45, 7) is 1.93. The molecule has 0 aliphatic carbocycles. The third-order valence-electron chi connectivity index (χ3n) is 4.62. The number of nitrogens with zero attached hydrogens (tertiary/aromatic N) is 2. The molecule has 0 aromatic heterocycles. The first kappa shape index (κ1) is 20.8. The summed E-state index contributed by atoms with van der Waals surface area (Å²) in [7, 11) is 0. The fourth-order valence-electron chi connectivity index (χ4n) is 3.13. The molecule has 2 aromatic rings. The molecule has 1 aliphatic heterocycles. The predicted octanol–water partition coefficient (Wildman–Crippen LogP) is 4.78. The van der Waals surface area contributed by atoms with E-state index in [0.29, 0.717) is 17.7 Å². The van der Waals surface area contributed by atoms with Gasteiger partial charge < -0.3 is 9.74 Å². The summed E-state index contributed by atoms with van der Waals surface area (Å²) in [5.74, 6) is -0.549. The van der Waals surface area contributed by atoms with E-state index < -0.39 is 17.8 Å². The molecule has 0 fully saturated rings. The molecule has 154 valence electrons. The maximum atomic E-state index is 13.1. The molecule has 29 heavy (non-hydrogen) atoms. The minimum Gasteiger partial charge on any atom is -0.390 e. The highest BCUT2D eigenvalue weighted by Gasteiger charge is 2.31. The molecule has 0 bridgehead atoms. The van der Waals surface area contributed by atoms with Crippen LogP contribution in [0.1, 0.15) is 36.5 Å². The minimum absolute atomic E-state index is 0.0440. The molecule has 4 nitrogen and oxygen atoms in total. The summed E-state index contributed by atoms with van der Waals surface area (Å²) in [6, 6.07) is 10.8. The van der Waals surface area contributed by atoms with E-state index in [-0.39, 0.29) is 31.2 Å². The molecule has 0 saturated heterocycles. The van der Waals surface area contributed by atoms with Gasteiger partial charge in [0.1, 0.15) is 5.82 Å². The third-order valence-corrected chi connectivity index (χ3v) is 4.62. The number of hydrogen-bond acceptors (Lipinski definition) is 3. The van der Waals surface area contributed by atoms with Crippen molar-refractivity contribution in [1.82, 2.24) is 4.90 Å². The van der Waals surface area contributed by atoms with Crippen LogP contribution in [0.4, 0.5) is 17.6 Å². The van der Waals surface area contributed by atoms with Crippen molar-refractivity contribution in [3.8, 4) is 0 Å². The molecule has 1 heterocycles. The molecule has 0 spiro atoms. The first-order chi connectivity index (χ1) is 13.8. The lowest BCUT2D eigenvalue weighted by Gasteiger charge is -2.25. The Morgan fingerprint density at radius 1 is 1.21 bits per heavy atom. The van der Waals surface area contributed by atoms with E-state index in [4.69, 9.17) is 4.84 Å². The zero-order valence-corrected chi connectivity index (χ0v) is 15.7. The summed E-state index contributed by atoms with van der Waals surface area (Å²) >= 11 is 0. The molecular formula is C21H20F4N2O2. The lowest BCUT2D eigenvalue weighted by Crippen LogP contribution is -2.37. The average molecular weight is 408 g/mol. The summed E-state index contributed by atoms with van der Waals surface area (Å²) in [5, 5.41) is 4.02. The number of amides is 1. The Morgan fingerprint density at radius 3 is 2.59 bits per heavy atom. The molecule has 3 rings (SSSR count). The van der Waals surface area contributed by atoms with E-state index in [1.165, 1.54) is 23.1 Å². The van der Waals surface area contributed by atoms with Gasteiger partial charge in [0, 0.05) is 19.4 Å². The van der Waals surface area contributed by atoms with E-state index in [2.05, 4.69) is 5.16 Å².